The molecule has 1 aromatic heterocycles. The Kier molecular flexibility index (Phi) is 6.58. The Balaban J connectivity index is 1.12. The van der Waals surface area contributed by atoms with Gasteiger partial charge in [-0.05, 0) is 70.5 Å². The Hall–Kier alpha value is -2.54. The van der Waals surface area contributed by atoms with E-state index in [2.05, 4.69) is 39.4 Å². The highest BCUT2D eigenvalue weighted by Gasteiger charge is 2.27. The van der Waals surface area contributed by atoms with E-state index in [9.17, 15) is 10.2 Å². The number of nitrogens with one attached hydrogen (secondary N) is 1. The zero-order valence-electron chi connectivity index (χ0n) is 19.8. The summed E-state index contributed by atoms with van der Waals surface area (Å²) in [7, 11) is 0. The molecule has 3 N–H and O–H groups in total. The number of hydrogen-bond acceptors (Lipinski definition) is 6. The maximum Gasteiger partial charge on any atom is 0.218 e. The van der Waals surface area contributed by atoms with Crippen LogP contribution in [0.15, 0.2) is 24.3 Å². The van der Waals surface area contributed by atoms with E-state index < -0.39 is 0 Å². The van der Waals surface area contributed by atoms with Gasteiger partial charge >= 0.3 is 0 Å². The number of aromatic nitrogens is 1. The lowest BCUT2D eigenvalue weighted by Crippen LogP contribution is -2.46. The smallest absolute Gasteiger partial charge is 0.218 e. The Labute approximate surface area is 197 Å². The predicted octanol–water partition coefficient (Wildman–Crippen LogP) is 4.32. The van der Waals surface area contributed by atoms with Crippen molar-refractivity contribution >= 4 is 11.4 Å². The van der Waals surface area contributed by atoms with Crippen molar-refractivity contribution in [1.82, 2.24) is 9.47 Å². The van der Waals surface area contributed by atoms with E-state index in [1.165, 1.54) is 31.4 Å². The number of para-hydroxylation sites is 2. The summed E-state index contributed by atoms with van der Waals surface area (Å²) in [6.07, 6.45) is 8.43. The molecule has 0 amide bonds. The maximum absolute atomic E-state index is 10.6. The van der Waals surface area contributed by atoms with Gasteiger partial charge in [-0.25, -0.2) is 0 Å². The second-order valence-corrected chi connectivity index (χ2v) is 9.89. The van der Waals surface area contributed by atoms with Crippen molar-refractivity contribution in [2.45, 2.75) is 70.6 Å². The van der Waals surface area contributed by atoms with Crippen molar-refractivity contribution in [2.75, 3.05) is 42.9 Å². The third-order valence-corrected chi connectivity index (χ3v) is 7.40. The van der Waals surface area contributed by atoms with Crippen LogP contribution in [0.25, 0.3) is 0 Å². The molecule has 3 fully saturated rings. The lowest BCUT2D eigenvalue weighted by Gasteiger charge is -2.37. The molecule has 2 heterocycles. The first-order valence-corrected chi connectivity index (χ1v) is 12.7. The number of aromatic hydroxyl groups is 2. The van der Waals surface area contributed by atoms with E-state index in [1.807, 2.05) is 6.92 Å². The molecule has 0 radical (unpaired) electrons. The number of rotatable bonds is 9. The van der Waals surface area contributed by atoms with Crippen molar-refractivity contribution in [1.29, 1.82) is 0 Å². The van der Waals surface area contributed by atoms with Gasteiger partial charge in [0.25, 0.3) is 0 Å². The molecule has 0 spiro atoms. The monoisotopic (exact) mass is 454 g/mol. The topological polar surface area (TPSA) is 73.1 Å². The fraction of sp³-hybridized carbons (Fsp3) is 0.615. The molecular formula is C26H38N4O3. The molecule has 5 rings (SSSR count). The number of ether oxygens (including phenoxy) is 1. The predicted molar refractivity (Wildman–Crippen MR) is 132 cm³/mol. The van der Waals surface area contributed by atoms with Crippen LogP contribution in [0, 0.1) is 6.92 Å². The van der Waals surface area contributed by atoms with Gasteiger partial charge < -0.3 is 25.2 Å². The Bertz CT molecular complexity index is 941. The zero-order valence-corrected chi connectivity index (χ0v) is 19.8. The van der Waals surface area contributed by atoms with Crippen molar-refractivity contribution in [2.24, 2.45) is 0 Å². The normalized spacial score (nSPS) is 19.8. The number of nitrogens with zero attached hydrogens (tertiary/aromatic N) is 3. The molecule has 1 aliphatic heterocycles. The first kappa shape index (κ1) is 22.3. The van der Waals surface area contributed by atoms with Crippen LogP contribution in [0.1, 0.15) is 50.5 Å². The zero-order chi connectivity index (χ0) is 22.8. The second-order valence-electron chi connectivity index (χ2n) is 9.89. The van der Waals surface area contributed by atoms with Crippen LogP contribution in [-0.4, -0.2) is 64.5 Å². The Morgan fingerprint density at radius 1 is 0.939 bits per heavy atom. The average molecular weight is 455 g/mol. The third-order valence-electron chi connectivity index (χ3n) is 7.40. The number of anilines is 2. The van der Waals surface area contributed by atoms with Gasteiger partial charge in [-0.2, -0.15) is 0 Å². The molecule has 1 aromatic carbocycles. The lowest BCUT2D eigenvalue weighted by atomic mass is 10.2. The lowest BCUT2D eigenvalue weighted by molar-refractivity contribution is 0.208. The van der Waals surface area contributed by atoms with Gasteiger partial charge in [-0.1, -0.05) is 12.1 Å². The highest BCUT2D eigenvalue weighted by Crippen LogP contribution is 2.40. The minimum Gasteiger partial charge on any atom is -0.494 e. The van der Waals surface area contributed by atoms with Crippen LogP contribution in [0.4, 0.5) is 11.4 Å². The number of hydrogen-bond donors (Lipinski definition) is 3. The molecule has 33 heavy (non-hydrogen) atoms. The van der Waals surface area contributed by atoms with Crippen molar-refractivity contribution < 1.29 is 14.9 Å². The van der Waals surface area contributed by atoms with Gasteiger partial charge in [-0.3, -0.25) is 9.47 Å². The molecule has 0 bridgehead atoms. The molecule has 7 heteroatoms. The number of piperazine rings is 1. The summed E-state index contributed by atoms with van der Waals surface area (Å²) in [6.45, 7) is 7.42. The van der Waals surface area contributed by atoms with E-state index in [0.29, 0.717) is 24.4 Å². The average Bonchev–Trinajstić information content (AvgIpc) is 3.47. The first-order chi connectivity index (χ1) is 16.1. The first-order valence-electron chi connectivity index (χ1n) is 12.7. The summed E-state index contributed by atoms with van der Waals surface area (Å²) in [5.74, 6) is 1.38. The fourth-order valence-corrected chi connectivity index (χ4v) is 5.20. The van der Waals surface area contributed by atoms with Crippen LogP contribution in [0.2, 0.25) is 0 Å². The van der Waals surface area contributed by atoms with Gasteiger partial charge in [0.15, 0.2) is 5.88 Å². The standard InChI is InChI=1S/C26H38N4O3/c1-19-24(27-20-11-12-20)26(32)30(25(19)31)14-6-13-28-15-17-29(18-16-28)22-9-4-5-10-23(22)33-21-7-2-3-8-21/h4-5,9-10,20-21,27,31-32H,2-3,6-8,11-18H2,1H3. The van der Waals surface area contributed by atoms with Gasteiger partial charge in [-0.15, -0.1) is 0 Å². The van der Waals surface area contributed by atoms with Gasteiger partial charge in [0.2, 0.25) is 5.88 Å². The van der Waals surface area contributed by atoms with Crippen LogP contribution in [-0.2, 0) is 6.54 Å². The van der Waals surface area contributed by atoms with E-state index in [1.54, 1.807) is 4.57 Å². The minimum atomic E-state index is 0.167. The molecule has 2 aliphatic carbocycles. The molecule has 0 atom stereocenters. The van der Waals surface area contributed by atoms with Gasteiger partial charge in [0.1, 0.15) is 11.4 Å². The largest absolute Gasteiger partial charge is 0.494 e. The number of benzene rings is 1. The molecule has 180 valence electrons. The Morgan fingerprint density at radius 2 is 1.67 bits per heavy atom. The third kappa shape index (κ3) is 5.03. The van der Waals surface area contributed by atoms with E-state index in [4.69, 9.17) is 4.74 Å². The van der Waals surface area contributed by atoms with Gasteiger partial charge in [0, 0.05) is 44.3 Å². The van der Waals surface area contributed by atoms with Crippen LogP contribution in [0.3, 0.4) is 0 Å². The minimum absolute atomic E-state index is 0.167. The van der Waals surface area contributed by atoms with E-state index >= 15 is 0 Å². The Morgan fingerprint density at radius 3 is 2.39 bits per heavy atom. The van der Waals surface area contributed by atoms with Crippen LogP contribution in [0.5, 0.6) is 17.5 Å². The fourth-order valence-electron chi connectivity index (χ4n) is 5.20. The summed E-state index contributed by atoms with van der Waals surface area (Å²) < 4.78 is 8.00. The van der Waals surface area contributed by atoms with Crippen LogP contribution >= 0.6 is 0 Å². The van der Waals surface area contributed by atoms with Crippen molar-refractivity contribution in [3.05, 3.63) is 29.8 Å². The molecule has 0 unspecified atom stereocenters. The molecular weight excluding hydrogens is 416 g/mol. The summed E-state index contributed by atoms with van der Waals surface area (Å²) in [5, 5.41) is 24.4. The van der Waals surface area contributed by atoms with E-state index in [0.717, 1.165) is 63.3 Å². The highest BCUT2D eigenvalue weighted by atomic mass is 16.5. The molecule has 3 aliphatic rings. The highest BCUT2D eigenvalue weighted by molar-refractivity contribution is 5.65. The molecule has 7 nitrogen and oxygen atoms in total. The second kappa shape index (κ2) is 9.75. The summed E-state index contributed by atoms with van der Waals surface area (Å²) in [4.78, 5) is 4.92. The maximum atomic E-state index is 10.6. The van der Waals surface area contributed by atoms with Gasteiger partial charge in [0.05, 0.1) is 11.8 Å². The summed E-state index contributed by atoms with van der Waals surface area (Å²) in [6, 6.07) is 8.92. The SMILES string of the molecule is Cc1c(NC2CC2)c(O)n(CCCN2CCN(c3ccccc3OC3CCCC3)CC2)c1O. The quantitative estimate of drug-likeness (QED) is 0.524. The summed E-state index contributed by atoms with van der Waals surface area (Å²) in [5.41, 5.74) is 2.66. The molecule has 2 saturated carbocycles. The van der Waals surface area contributed by atoms with E-state index in [-0.39, 0.29) is 11.8 Å². The van der Waals surface area contributed by atoms with Crippen molar-refractivity contribution in [3.8, 4) is 17.5 Å². The van der Waals surface area contributed by atoms with Crippen LogP contribution < -0.4 is 15.0 Å². The molecule has 2 aromatic rings. The van der Waals surface area contributed by atoms with Crippen molar-refractivity contribution in [3.63, 3.8) is 0 Å². The summed E-state index contributed by atoms with van der Waals surface area (Å²) >= 11 is 0. The molecule has 1 saturated heterocycles.